The summed E-state index contributed by atoms with van der Waals surface area (Å²) in [6, 6.07) is 0. The summed E-state index contributed by atoms with van der Waals surface area (Å²) in [5.41, 5.74) is 8.01. The summed E-state index contributed by atoms with van der Waals surface area (Å²) in [5, 5.41) is 1.15. The summed E-state index contributed by atoms with van der Waals surface area (Å²) in [6.07, 6.45) is 4.00. The minimum Gasteiger partial charge on any atom is -0.414 e. The molecule has 2 N–H and O–H groups in total. The highest BCUT2D eigenvalue weighted by Gasteiger charge is 2.46. The van der Waals surface area contributed by atoms with Crippen LogP contribution < -0.4 is 5.73 Å². The second kappa shape index (κ2) is 8.75. The van der Waals surface area contributed by atoms with Crippen molar-refractivity contribution < 1.29 is 13.6 Å². The fourth-order valence-electron chi connectivity index (χ4n) is 3.72. The number of nitrogens with two attached hydrogens (primary N) is 1. The minimum absolute atomic E-state index is 0.0300. The van der Waals surface area contributed by atoms with Gasteiger partial charge in [-0.2, -0.15) is 0 Å². The second-order valence-electron chi connectivity index (χ2n) is 12.5. The van der Waals surface area contributed by atoms with Crippen LogP contribution in [0.3, 0.4) is 0 Å². The summed E-state index contributed by atoms with van der Waals surface area (Å²) < 4.78 is 22.2. The molecule has 2 aromatic heterocycles. The standard InChI is InChI=1S/C24H44N4O3Si2/c1-16-13-28(22-20(16)21(25)26-15-27-22)19-12-17(31-33(10,11)24(5,6)7)18(30-19)14-29-32(8,9)23(2,3)4/h13,15,17-19H,12,14H2,1-11H3,(H2,25,26,27)/t17-,18+,19+/m0/s1. The van der Waals surface area contributed by atoms with Crippen LogP contribution >= 0.6 is 0 Å². The molecule has 7 nitrogen and oxygen atoms in total. The minimum atomic E-state index is -1.99. The Morgan fingerprint density at radius 1 is 1.06 bits per heavy atom. The maximum absolute atomic E-state index is 6.90. The number of ether oxygens (including phenoxy) is 1. The van der Waals surface area contributed by atoms with Crippen molar-refractivity contribution in [3.63, 3.8) is 0 Å². The van der Waals surface area contributed by atoms with Crippen LogP contribution in [0.2, 0.25) is 36.3 Å². The van der Waals surface area contributed by atoms with Crippen LogP contribution in [0.25, 0.3) is 11.0 Å². The molecule has 3 heterocycles. The van der Waals surface area contributed by atoms with Crippen LogP contribution in [0.15, 0.2) is 12.5 Å². The molecule has 1 saturated heterocycles. The van der Waals surface area contributed by atoms with E-state index in [1.165, 1.54) is 6.33 Å². The van der Waals surface area contributed by atoms with E-state index in [4.69, 9.17) is 19.3 Å². The van der Waals surface area contributed by atoms with E-state index in [2.05, 4.69) is 88.5 Å². The number of aryl methyl sites for hydroxylation is 1. The van der Waals surface area contributed by atoms with Crippen molar-refractivity contribution in [2.45, 2.75) is 110 Å². The van der Waals surface area contributed by atoms with Gasteiger partial charge in [0.05, 0.1) is 18.1 Å². The predicted octanol–water partition coefficient (Wildman–Crippen LogP) is 6.02. The molecule has 3 atom stereocenters. The largest absolute Gasteiger partial charge is 0.414 e. The summed E-state index contributed by atoms with van der Waals surface area (Å²) in [5.74, 6) is 0.501. The average Bonchev–Trinajstić information content (AvgIpc) is 3.19. The maximum Gasteiger partial charge on any atom is 0.192 e. The van der Waals surface area contributed by atoms with Gasteiger partial charge in [0.1, 0.15) is 30.1 Å². The lowest BCUT2D eigenvalue weighted by Gasteiger charge is -2.40. The van der Waals surface area contributed by atoms with Crippen molar-refractivity contribution in [2.75, 3.05) is 12.3 Å². The second-order valence-corrected chi connectivity index (χ2v) is 22.1. The third-order valence-electron chi connectivity index (χ3n) is 7.99. The zero-order valence-corrected chi connectivity index (χ0v) is 24.4. The zero-order chi connectivity index (χ0) is 25.0. The molecular formula is C24H44N4O3Si2. The smallest absolute Gasteiger partial charge is 0.192 e. The Labute approximate surface area is 201 Å². The predicted molar refractivity (Wildman–Crippen MR) is 140 cm³/mol. The lowest BCUT2D eigenvalue weighted by molar-refractivity contribution is -0.0382. The topological polar surface area (TPSA) is 84.4 Å². The number of rotatable bonds is 6. The molecule has 0 radical (unpaired) electrons. The van der Waals surface area contributed by atoms with Gasteiger partial charge in [-0.05, 0) is 48.8 Å². The molecule has 0 aliphatic carbocycles. The van der Waals surface area contributed by atoms with Gasteiger partial charge in [-0.15, -0.1) is 0 Å². The molecule has 1 aliphatic rings. The number of aromatic nitrogens is 3. The van der Waals surface area contributed by atoms with E-state index in [0.29, 0.717) is 12.4 Å². The van der Waals surface area contributed by atoms with E-state index < -0.39 is 16.6 Å². The summed E-state index contributed by atoms with van der Waals surface area (Å²) in [6.45, 7) is 25.4. The normalized spacial score (nSPS) is 22.9. The number of anilines is 1. The molecule has 0 aromatic carbocycles. The third kappa shape index (κ3) is 5.22. The monoisotopic (exact) mass is 492 g/mol. The van der Waals surface area contributed by atoms with Gasteiger partial charge in [0.2, 0.25) is 0 Å². The lowest BCUT2D eigenvalue weighted by atomic mass is 10.2. The van der Waals surface area contributed by atoms with E-state index in [1.807, 2.05) is 6.92 Å². The van der Waals surface area contributed by atoms with Crippen LogP contribution in [0.5, 0.6) is 0 Å². The van der Waals surface area contributed by atoms with E-state index in [1.54, 1.807) is 0 Å². The fraction of sp³-hybridized carbons (Fsp3) is 0.750. The maximum atomic E-state index is 6.90. The molecule has 0 amide bonds. The van der Waals surface area contributed by atoms with Crippen molar-refractivity contribution >= 4 is 33.5 Å². The Kier molecular flexibility index (Phi) is 6.98. The Balaban J connectivity index is 1.91. The first-order valence-corrected chi connectivity index (χ1v) is 17.8. The Bertz CT molecular complexity index is 992. The molecule has 33 heavy (non-hydrogen) atoms. The summed E-state index contributed by atoms with van der Waals surface area (Å²) in [7, 11) is -3.90. The van der Waals surface area contributed by atoms with Crippen molar-refractivity contribution in [1.29, 1.82) is 0 Å². The van der Waals surface area contributed by atoms with Crippen LogP contribution in [0.1, 0.15) is 59.8 Å². The highest BCUT2D eigenvalue weighted by molar-refractivity contribution is 6.74. The first-order valence-electron chi connectivity index (χ1n) is 12.0. The molecule has 0 spiro atoms. The molecule has 3 rings (SSSR count). The Hall–Kier alpha value is -1.27. The van der Waals surface area contributed by atoms with E-state index in [-0.39, 0.29) is 28.5 Å². The molecule has 0 unspecified atom stereocenters. The van der Waals surface area contributed by atoms with Gasteiger partial charge in [0.15, 0.2) is 16.6 Å². The van der Waals surface area contributed by atoms with E-state index >= 15 is 0 Å². The number of nitrogens with zero attached hydrogens (tertiary/aromatic N) is 3. The van der Waals surface area contributed by atoms with Crippen LogP contribution in [0, 0.1) is 6.92 Å². The number of hydrogen-bond acceptors (Lipinski definition) is 6. The highest BCUT2D eigenvalue weighted by Crippen LogP contribution is 2.43. The molecule has 9 heteroatoms. The van der Waals surface area contributed by atoms with Gasteiger partial charge in [-0.25, -0.2) is 9.97 Å². The zero-order valence-electron chi connectivity index (χ0n) is 22.4. The molecule has 0 saturated carbocycles. The van der Waals surface area contributed by atoms with E-state index in [0.717, 1.165) is 23.0 Å². The summed E-state index contributed by atoms with van der Waals surface area (Å²) in [4.78, 5) is 8.70. The molecular weight excluding hydrogens is 448 g/mol. The highest BCUT2D eigenvalue weighted by atomic mass is 28.4. The summed E-state index contributed by atoms with van der Waals surface area (Å²) >= 11 is 0. The third-order valence-corrected chi connectivity index (χ3v) is 17.0. The molecule has 2 aromatic rings. The van der Waals surface area contributed by atoms with Gasteiger partial charge >= 0.3 is 0 Å². The molecule has 186 valence electrons. The molecule has 0 bridgehead atoms. The first-order chi connectivity index (χ1) is 14.9. The van der Waals surface area contributed by atoms with Gasteiger partial charge < -0.3 is 23.9 Å². The van der Waals surface area contributed by atoms with Gasteiger partial charge in [-0.1, -0.05) is 41.5 Å². The van der Waals surface area contributed by atoms with Crippen molar-refractivity contribution in [2.24, 2.45) is 0 Å². The number of fused-ring (bicyclic) bond motifs is 1. The van der Waals surface area contributed by atoms with Crippen LogP contribution in [0.4, 0.5) is 5.82 Å². The molecule has 1 fully saturated rings. The van der Waals surface area contributed by atoms with Gasteiger partial charge in [0.25, 0.3) is 0 Å². The quantitative estimate of drug-likeness (QED) is 0.496. The van der Waals surface area contributed by atoms with Gasteiger partial charge in [-0.3, -0.25) is 0 Å². The average molecular weight is 493 g/mol. The SMILES string of the molecule is Cc1cn([C@H]2C[C@H](O[Si](C)(C)C(C)(C)C)[C@@H](CO[Si](C)(C)C(C)(C)C)O2)c2ncnc(N)c12. The lowest BCUT2D eigenvalue weighted by Crippen LogP contribution is -2.48. The number of hydrogen-bond donors (Lipinski definition) is 1. The van der Waals surface area contributed by atoms with Crippen molar-refractivity contribution in [1.82, 2.24) is 14.5 Å². The Morgan fingerprint density at radius 2 is 1.67 bits per heavy atom. The first kappa shape index (κ1) is 26.3. The van der Waals surface area contributed by atoms with Crippen molar-refractivity contribution in [3.05, 3.63) is 18.1 Å². The Morgan fingerprint density at radius 3 is 2.24 bits per heavy atom. The van der Waals surface area contributed by atoms with E-state index in [9.17, 15) is 0 Å². The van der Waals surface area contributed by atoms with Crippen LogP contribution in [-0.4, -0.2) is 50.0 Å². The van der Waals surface area contributed by atoms with Crippen molar-refractivity contribution in [3.8, 4) is 0 Å². The van der Waals surface area contributed by atoms with Crippen LogP contribution in [-0.2, 0) is 13.6 Å². The molecule has 1 aliphatic heterocycles. The fourth-order valence-corrected chi connectivity index (χ4v) is 6.10. The van der Waals surface area contributed by atoms with Gasteiger partial charge in [0, 0.05) is 12.6 Å². The number of nitrogen functional groups attached to an aromatic ring is 1.